The molecule has 6 heteroatoms. The van der Waals surface area contributed by atoms with Gasteiger partial charge in [0.1, 0.15) is 24.0 Å². The Morgan fingerprint density at radius 2 is 1.36 bits per heavy atom. The number of fused-ring (bicyclic) bond motifs is 4. The third kappa shape index (κ3) is 5.77. The Morgan fingerprint density at radius 3 is 2.17 bits per heavy atom. The van der Waals surface area contributed by atoms with Crippen LogP contribution < -0.4 is 14.5 Å². The highest BCUT2D eigenvalue weighted by atomic mass is 16.5. The molecular weight excluding hydrogens is 651 g/mol. The molecule has 0 N–H and O–H groups in total. The SMILES string of the molecule is Cc1cc(-c2ccccc2)cc(C)c1N1CN(c2cccc(Oc3ccc4c5ccccc5n(-c5cc(C(C)(C)C)ccn5)c4c3)c2)c2ccncc21. The number of para-hydroxylation sites is 1. The average molecular weight is 692 g/mol. The van der Waals surface area contributed by atoms with Crippen molar-refractivity contribution < 1.29 is 4.74 Å². The molecule has 3 aromatic heterocycles. The molecule has 53 heavy (non-hydrogen) atoms. The van der Waals surface area contributed by atoms with Crippen molar-refractivity contribution in [2.45, 2.75) is 40.0 Å². The van der Waals surface area contributed by atoms with E-state index in [4.69, 9.17) is 9.72 Å². The van der Waals surface area contributed by atoms with E-state index in [1.165, 1.54) is 38.9 Å². The van der Waals surface area contributed by atoms with Gasteiger partial charge in [0.2, 0.25) is 0 Å². The van der Waals surface area contributed by atoms with E-state index in [9.17, 15) is 0 Å². The summed E-state index contributed by atoms with van der Waals surface area (Å²) in [6.07, 6.45) is 5.76. The Kier molecular flexibility index (Phi) is 7.77. The zero-order valence-electron chi connectivity index (χ0n) is 30.7. The first-order chi connectivity index (χ1) is 25.7. The Balaban J connectivity index is 1.06. The van der Waals surface area contributed by atoms with Gasteiger partial charge in [-0.2, -0.15) is 0 Å². The van der Waals surface area contributed by atoms with Gasteiger partial charge in [0.05, 0.1) is 28.6 Å². The highest BCUT2D eigenvalue weighted by Crippen LogP contribution is 2.47. The van der Waals surface area contributed by atoms with Gasteiger partial charge in [-0.05, 0) is 108 Å². The van der Waals surface area contributed by atoms with Crippen molar-refractivity contribution in [1.82, 2.24) is 14.5 Å². The quantitative estimate of drug-likeness (QED) is 0.174. The summed E-state index contributed by atoms with van der Waals surface area (Å²) in [6, 6.07) is 44.8. The average Bonchev–Trinajstić information content (AvgIpc) is 3.71. The first-order valence-electron chi connectivity index (χ1n) is 18.2. The molecule has 0 saturated carbocycles. The zero-order valence-corrected chi connectivity index (χ0v) is 30.7. The summed E-state index contributed by atoms with van der Waals surface area (Å²) in [5, 5.41) is 2.35. The maximum Gasteiger partial charge on any atom is 0.137 e. The molecule has 260 valence electrons. The summed E-state index contributed by atoms with van der Waals surface area (Å²) in [4.78, 5) is 14.1. The Labute approximate surface area is 310 Å². The molecule has 1 aliphatic rings. The van der Waals surface area contributed by atoms with Crippen molar-refractivity contribution in [1.29, 1.82) is 0 Å². The Bertz CT molecular complexity index is 2630. The number of aryl methyl sites for hydroxylation is 2. The van der Waals surface area contributed by atoms with E-state index in [-0.39, 0.29) is 5.41 Å². The Morgan fingerprint density at radius 1 is 0.604 bits per heavy atom. The standard InChI is InChI=1S/C47H41N5O/c1-31-24-34(33-12-7-6-8-13-33)25-32(2)46(31)51-30-50(42-21-22-48-29-44(42)51)36-14-11-15-37(27-36)53-38-18-19-40-39-16-9-10-17-41(39)52(43(40)28-38)45-26-35(20-23-49-45)47(3,4)5/h6-29H,30H2,1-5H3. The predicted octanol–water partition coefficient (Wildman–Crippen LogP) is 12.2. The molecular formula is C47H41N5O. The van der Waals surface area contributed by atoms with Crippen molar-refractivity contribution in [3.05, 3.63) is 163 Å². The number of benzene rings is 5. The summed E-state index contributed by atoms with van der Waals surface area (Å²) < 4.78 is 8.91. The third-order valence-corrected chi connectivity index (χ3v) is 10.4. The second-order valence-electron chi connectivity index (χ2n) is 15.0. The maximum absolute atomic E-state index is 6.66. The number of anilines is 4. The normalized spacial score (nSPS) is 12.8. The smallest absolute Gasteiger partial charge is 0.137 e. The van der Waals surface area contributed by atoms with Gasteiger partial charge in [-0.1, -0.05) is 75.4 Å². The molecule has 9 rings (SSSR count). The van der Waals surface area contributed by atoms with E-state index in [2.05, 4.69) is 175 Å². The second-order valence-corrected chi connectivity index (χ2v) is 15.0. The molecule has 0 fully saturated rings. The number of rotatable bonds is 6. The summed E-state index contributed by atoms with van der Waals surface area (Å²) in [5.41, 5.74) is 12.8. The van der Waals surface area contributed by atoms with Crippen LogP contribution >= 0.6 is 0 Å². The van der Waals surface area contributed by atoms with Gasteiger partial charge in [-0.25, -0.2) is 4.98 Å². The van der Waals surface area contributed by atoms with Crippen LogP contribution in [-0.2, 0) is 5.41 Å². The van der Waals surface area contributed by atoms with Crippen LogP contribution in [0.15, 0.2) is 146 Å². The van der Waals surface area contributed by atoms with Crippen molar-refractivity contribution in [3.8, 4) is 28.4 Å². The lowest BCUT2D eigenvalue weighted by Crippen LogP contribution is -2.25. The first kappa shape index (κ1) is 32.5. The molecule has 4 heterocycles. The summed E-state index contributed by atoms with van der Waals surface area (Å²) in [7, 11) is 0. The van der Waals surface area contributed by atoms with Crippen LogP contribution in [0.4, 0.5) is 22.7 Å². The van der Waals surface area contributed by atoms with Crippen molar-refractivity contribution >= 4 is 44.6 Å². The zero-order chi connectivity index (χ0) is 36.3. The van der Waals surface area contributed by atoms with Crippen molar-refractivity contribution in [3.63, 3.8) is 0 Å². The highest BCUT2D eigenvalue weighted by molar-refractivity contribution is 6.09. The minimum Gasteiger partial charge on any atom is -0.457 e. The van der Waals surface area contributed by atoms with Gasteiger partial charge in [0.15, 0.2) is 0 Å². The number of hydrogen-bond acceptors (Lipinski definition) is 5. The summed E-state index contributed by atoms with van der Waals surface area (Å²) in [6.45, 7) is 11.8. The van der Waals surface area contributed by atoms with Gasteiger partial charge >= 0.3 is 0 Å². The van der Waals surface area contributed by atoms with Crippen LogP contribution in [0.2, 0.25) is 0 Å². The lowest BCUT2D eigenvalue weighted by molar-refractivity contribution is 0.483. The fraction of sp³-hybridized carbons (Fsp3) is 0.149. The lowest BCUT2D eigenvalue weighted by atomic mass is 9.88. The van der Waals surface area contributed by atoms with E-state index in [0.717, 1.165) is 50.8 Å². The molecule has 0 amide bonds. The van der Waals surface area contributed by atoms with Crippen LogP contribution in [0.25, 0.3) is 38.8 Å². The second kappa shape index (κ2) is 12.7. The van der Waals surface area contributed by atoms with Gasteiger partial charge in [-0.3, -0.25) is 9.55 Å². The summed E-state index contributed by atoms with van der Waals surface area (Å²) >= 11 is 0. The van der Waals surface area contributed by atoms with Gasteiger partial charge in [0, 0.05) is 46.7 Å². The van der Waals surface area contributed by atoms with Crippen LogP contribution in [0.1, 0.15) is 37.5 Å². The van der Waals surface area contributed by atoms with E-state index in [1.54, 1.807) is 0 Å². The molecule has 0 saturated heterocycles. The Hall–Kier alpha value is -6.40. The minimum absolute atomic E-state index is 0.00376. The van der Waals surface area contributed by atoms with Gasteiger partial charge in [0.25, 0.3) is 0 Å². The summed E-state index contributed by atoms with van der Waals surface area (Å²) in [5.74, 6) is 2.43. The molecule has 0 radical (unpaired) electrons. The molecule has 0 bridgehead atoms. The number of hydrogen-bond donors (Lipinski definition) is 0. The molecule has 5 aromatic carbocycles. The van der Waals surface area contributed by atoms with E-state index >= 15 is 0 Å². The van der Waals surface area contributed by atoms with E-state index in [0.29, 0.717) is 6.67 Å². The molecule has 0 spiro atoms. The van der Waals surface area contributed by atoms with Gasteiger partial charge in [-0.15, -0.1) is 0 Å². The molecule has 8 aromatic rings. The third-order valence-electron chi connectivity index (χ3n) is 10.4. The van der Waals surface area contributed by atoms with Crippen LogP contribution in [-0.4, -0.2) is 21.2 Å². The minimum atomic E-state index is 0.00376. The molecule has 0 aliphatic carbocycles. The van der Waals surface area contributed by atoms with Crippen LogP contribution in [0.3, 0.4) is 0 Å². The van der Waals surface area contributed by atoms with Crippen LogP contribution in [0.5, 0.6) is 11.5 Å². The van der Waals surface area contributed by atoms with E-state index in [1.807, 2.05) is 24.7 Å². The number of ether oxygens (including phenoxy) is 1. The maximum atomic E-state index is 6.66. The lowest BCUT2D eigenvalue weighted by Gasteiger charge is -2.26. The van der Waals surface area contributed by atoms with E-state index < -0.39 is 0 Å². The largest absolute Gasteiger partial charge is 0.457 e. The number of pyridine rings is 2. The molecule has 0 unspecified atom stereocenters. The first-order valence-corrected chi connectivity index (χ1v) is 18.2. The van der Waals surface area contributed by atoms with Crippen molar-refractivity contribution in [2.24, 2.45) is 0 Å². The highest BCUT2D eigenvalue weighted by Gasteiger charge is 2.30. The molecule has 1 aliphatic heterocycles. The predicted molar refractivity (Wildman–Crippen MR) is 219 cm³/mol. The van der Waals surface area contributed by atoms with Gasteiger partial charge < -0.3 is 14.5 Å². The van der Waals surface area contributed by atoms with Crippen molar-refractivity contribution in [2.75, 3.05) is 16.5 Å². The topological polar surface area (TPSA) is 46.4 Å². The molecule has 6 nitrogen and oxygen atoms in total. The number of aromatic nitrogens is 3. The van der Waals surface area contributed by atoms with Crippen LogP contribution in [0, 0.1) is 13.8 Å². The fourth-order valence-electron chi connectivity index (χ4n) is 7.82. The fourth-order valence-corrected chi connectivity index (χ4v) is 7.82. The molecule has 0 atom stereocenters. The number of nitrogens with zero attached hydrogens (tertiary/aromatic N) is 5. The monoisotopic (exact) mass is 691 g/mol.